The second-order valence-corrected chi connectivity index (χ2v) is 9.07. The topological polar surface area (TPSA) is 99.6 Å². The minimum absolute atomic E-state index is 0.190. The van der Waals surface area contributed by atoms with Crippen molar-refractivity contribution >= 4 is 69.3 Å². The Bertz CT molecular complexity index is 1220. The van der Waals surface area contributed by atoms with Crippen molar-refractivity contribution in [3.05, 3.63) is 91.2 Å². The average Bonchev–Trinajstić information content (AvgIpc) is 2.85. The SMILES string of the molecule is O=C(O)C(c1ccc(Cl)cc1)N1C(=O)c2cc(I)ccc2NC(=O)C1c1ccc(Cl)nc1. The first-order valence-corrected chi connectivity index (χ1v) is 11.1. The van der Waals surface area contributed by atoms with Gasteiger partial charge in [0.1, 0.15) is 11.2 Å². The normalized spacial score (nSPS) is 16.7. The second-order valence-electron chi connectivity index (χ2n) is 7.00. The molecule has 7 nitrogen and oxygen atoms in total. The van der Waals surface area contributed by atoms with Crippen LogP contribution in [0.4, 0.5) is 5.69 Å². The molecular formula is C22H14Cl2IN3O4. The summed E-state index contributed by atoms with van der Waals surface area (Å²) in [5.74, 6) is -2.48. The van der Waals surface area contributed by atoms with E-state index in [0.717, 1.165) is 8.47 Å². The van der Waals surface area contributed by atoms with Gasteiger partial charge in [0.2, 0.25) is 0 Å². The Morgan fingerprint density at radius 3 is 2.44 bits per heavy atom. The number of carbonyl (C=O) groups excluding carboxylic acids is 2. The highest BCUT2D eigenvalue weighted by Crippen LogP contribution is 2.38. The van der Waals surface area contributed by atoms with Crippen molar-refractivity contribution in [2.75, 3.05) is 5.32 Å². The van der Waals surface area contributed by atoms with E-state index in [1.165, 1.54) is 36.5 Å². The number of nitrogens with zero attached hydrogens (tertiary/aromatic N) is 2. The molecule has 2 unspecified atom stereocenters. The van der Waals surface area contributed by atoms with Crippen LogP contribution in [0.3, 0.4) is 0 Å². The van der Waals surface area contributed by atoms with Gasteiger partial charge in [-0.15, -0.1) is 0 Å². The monoisotopic (exact) mass is 581 g/mol. The van der Waals surface area contributed by atoms with Gasteiger partial charge < -0.3 is 15.3 Å². The number of nitrogens with one attached hydrogen (secondary N) is 1. The number of aliphatic carboxylic acids is 1. The van der Waals surface area contributed by atoms with Gasteiger partial charge in [-0.3, -0.25) is 9.59 Å². The Kier molecular flexibility index (Phi) is 6.36. The molecule has 1 aromatic heterocycles. The minimum Gasteiger partial charge on any atom is -0.479 e. The highest BCUT2D eigenvalue weighted by atomic mass is 127. The summed E-state index contributed by atoms with van der Waals surface area (Å²) in [4.78, 5) is 44.6. The maximum absolute atomic E-state index is 13.8. The summed E-state index contributed by atoms with van der Waals surface area (Å²) in [5.41, 5.74) is 1.11. The molecule has 162 valence electrons. The first-order chi connectivity index (χ1) is 15.3. The highest BCUT2D eigenvalue weighted by molar-refractivity contribution is 14.1. The van der Waals surface area contributed by atoms with E-state index >= 15 is 0 Å². The standard InChI is InChI=1S/C22H14Cl2IN3O4/c23-13-4-1-11(2-5-13)19(22(31)32)28-18(12-3-8-17(24)26-10-12)20(29)27-16-7-6-14(25)9-15(16)21(28)30/h1-10,18-19H,(H,27,29)(H,31,32). The van der Waals surface area contributed by atoms with E-state index in [4.69, 9.17) is 23.2 Å². The molecule has 0 bridgehead atoms. The molecule has 4 rings (SSSR count). The maximum atomic E-state index is 13.8. The number of halogens is 3. The van der Waals surface area contributed by atoms with Gasteiger partial charge in [0.05, 0.1) is 11.3 Å². The predicted molar refractivity (Wildman–Crippen MR) is 128 cm³/mol. The quantitative estimate of drug-likeness (QED) is 0.335. The number of carbonyl (C=O) groups is 3. The lowest BCUT2D eigenvalue weighted by molar-refractivity contribution is -0.144. The van der Waals surface area contributed by atoms with Crippen molar-refractivity contribution in [1.82, 2.24) is 9.88 Å². The molecule has 0 radical (unpaired) electrons. The van der Waals surface area contributed by atoms with Crippen LogP contribution in [0.2, 0.25) is 10.2 Å². The first-order valence-electron chi connectivity index (χ1n) is 9.29. The number of rotatable bonds is 4. The van der Waals surface area contributed by atoms with Crippen LogP contribution in [0.1, 0.15) is 33.6 Å². The Hall–Kier alpha value is -2.69. The highest BCUT2D eigenvalue weighted by Gasteiger charge is 2.44. The number of fused-ring (bicyclic) bond motifs is 1. The molecule has 0 saturated carbocycles. The molecule has 1 aliphatic heterocycles. The first kappa shape index (κ1) is 22.5. The summed E-state index contributed by atoms with van der Waals surface area (Å²) < 4.78 is 0.758. The fourth-order valence-electron chi connectivity index (χ4n) is 3.58. The lowest BCUT2D eigenvalue weighted by Gasteiger charge is -2.34. The molecule has 0 aliphatic carbocycles. The zero-order valence-corrected chi connectivity index (χ0v) is 19.8. The lowest BCUT2D eigenvalue weighted by atomic mass is 9.98. The van der Waals surface area contributed by atoms with Crippen LogP contribution in [0.25, 0.3) is 0 Å². The molecule has 0 fully saturated rings. The second kappa shape index (κ2) is 9.05. The van der Waals surface area contributed by atoms with E-state index in [1.807, 2.05) is 22.6 Å². The van der Waals surface area contributed by atoms with Crippen molar-refractivity contribution in [3.8, 4) is 0 Å². The fraction of sp³-hybridized carbons (Fsp3) is 0.0909. The smallest absolute Gasteiger partial charge is 0.331 e. The third-order valence-electron chi connectivity index (χ3n) is 4.99. The van der Waals surface area contributed by atoms with Gasteiger partial charge in [-0.1, -0.05) is 41.4 Å². The van der Waals surface area contributed by atoms with Crippen molar-refractivity contribution < 1.29 is 19.5 Å². The molecule has 0 saturated heterocycles. The summed E-state index contributed by atoms with van der Waals surface area (Å²) in [7, 11) is 0. The zero-order valence-electron chi connectivity index (χ0n) is 16.1. The molecule has 2 atom stereocenters. The predicted octanol–water partition coefficient (Wildman–Crippen LogP) is 4.95. The summed E-state index contributed by atoms with van der Waals surface area (Å²) in [6, 6.07) is 11.4. The number of hydrogen-bond donors (Lipinski definition) is 2. The van der Waals surface area contributed by atoms with Gasteiger partial charge in [-0.2, -0.15) is 0 Å². The number of benzene rings is 2. The van der Waals surface area contributed by atoms with E-state index in [1.54, 1.807) is 24.3 Å². The van der Waals surface area contributed by atoms with Crippen molar-refractivity contribution in [2.24, 2.45) is 0 Å². The summed E-state index contributed by atoms with van der Waals surface area (Å²) >= 11 is 13.9. The third kappa shape index (κ3) is 4.30. The van der Waals surface area contributed by atoms with Crippen LogP contribution >= 0.6 is 45.8 Å². The fourth-order valence-corrected chi connectivity index (χ4v) is 4.31. The molecule has 32 heavy (non-hydrogen) atoms. The molecule has 2 heterocycles. The van der Waals surface area contributed by atoms with Gasteiger partial charge >= 0.3 is 5.97 Å². The summed E-state index contributed by atoms with van der Waals surface area (Å²) in [6.45, 7) is 0. The minimum atomic E-state index is -1.46. The number of carboxylic acids is 1. The number of carboxylic acid groups (broad SMARTS) is 1. The van der Waals surface area contributed by atoms with Gasteiger partial charge in [-0.05, 0) is 64.6 Å². The van der Waals surface area contributed by atoms with Crippen LogP contribution in [0, 0.1) is 3.57 Å². The van der Waals surface area contributed by atoms with E-state index in [-0.39, 0.29) is 10.7 Å². The van der Waals surface area contributed by atoms with Gasteiger partial charge in [0.25, 0.3) is 11.8 Å². The van der Waals surface area contributed by atoms with Crippen LogP contribution in [-0.2, 0) is 9.59 Å². The molecule has 2 N–H and O–H groups in total. The van der Waals surface area contributed by atoms with Crippen LogP contribution in [0.5, 0.6) is 0 Å². The molecule has 1 aliphatic rings. The summed E-state index contributed by atoms with van der Waals surface area (Å²) in [5, 5.41) is 13.5. The Labute approximate surface area is 206 Å². The zero-order chi connectivity index (χ0) is 23.0. The summed E-state index contributed by atoms with van der Waals surface area (Å²) in [6.07, 6.45) is 1.35. The Morgan fingerprint density at radius 2 is 1.81 bits per heavy atom. The lowest BCUT2D eigenvalue weighted by Crippen LogP contribution is -2.44. The molecule has 10 heteroatoms. The number of amides is 2. The maximum Gasteiger partial charge on any atom is 0.331 e. The van der Waals surface area contributed by atoms with Crippen molar-refractivity contribution in [3.63, 3.8) is 0 Å². The van der Waals surface area contributed by atoms with E-state index in [9.17, 15) is 19.5 Å². The average molecular weight is 582 g/mol. The number of anilines is 1. The molecular weight excluding hydrogens is 568 g/mol. The molecule has 3 aromatic rings. The number of aromatic nitrogens is 1. The van der Waals surface area contributed by atoms with Gasteiger partial charge in [-0.25, -0.2) is 9.78 Å². The van der Waals surface area contributed by atoms with Crippen LogP contribution in [0.15, 0.2) is 60.8 Å². The van der Waals surface area contributed by atoms with Gasteiger partial charge in [0, 0.05) is 20.4 Å². The Morgan fingerprint density at radius 1 is 1.09 bits per heavy atom. The number of pyridine rings is 1. The molecule has 2 aromatic carbocycles. The largest absolute Gasteiger partial charge is 0.479 e. The van der Waals surface area contributed by atoms with E-state index in [0.29, 0.717) is 21.8 Å². The van der Waals surface area contributed by atoms with Gasteiger partial charge in [0.15, 0.2) is 6.04 Å². The third-order valence-corrected chi connectivity index (χ3v) is 6.14. The van der Waals surface area contributed by atoms with Crippen LogP contribution in [-0.4, -0.2) is 32.8 Å². The number of hydrogen-bond acceptors (Lipinski definition) is 4. The molecule has 2 amide bonds. The van der Waals surface area contributed by atoms with Crippen molar-refractivity contribution in [2.45, 2.75) is 12.1 Å². The van der Waals surface area contributed by atoms with E-state index in [2.05, 4.69) is 10.3 Å². The Balaban J connectivity index is 1.95. The molecule has 0 spiro atoms. The van der Waals surface area contributed by atoms with E-state index < -0.39 is 29.9 Å². The van der Waals surface area contributed by atoms with Crippen molar-refractivity contribution in [1.29, 1.82) is 0 Å². The van der Waals surface area contributed by atoms with Crippen LogP contribution < -0.4 is 5.32 Å².